The van der Waals surface area contributed by atoms with Crippen LogP contribution in [0.4, 0.5) is 0 Å². The zero-order valence-electron chi connectivity index (χ0n) is 21.2. The average molecular weight is 463 g/mol. The third-order valence-electron chi connectivity index (χ3n) is 7.93. The molecular formula is C30H42N2O2. The van der Waals surface area contributed by atoms with Crippen molar-refractivity contribution in [3.05, 3.63) is 59.0 Å². The predicted molar refractivity (Wildman–Crippen MR) is 141 cm³/mol. The summed E-state index contributed by atoms with van der Waals surface area (Å²) >= 11 is 0. The summed E-state index contributed by atoms with van der Waals surface area (Å²) in [6, 6.07) is 7.06. The molecule has 34 heavy (non-hydrogen) atoms. The van der Waals surface area contributed by atoms with Crippen LogP contribution in [0.1, 0.15) is 86.9 Å². The number of fused-ring (bicyclic) bond motifs is 5. The number of aromatic nitrogens is 1. The SMILES string of the molecule is CCCCCNCCOC1=CC=CC2c3c(C4CCCCC4)c4ccc(C)cc4n3CCOC12. The minimum Gasteiger partial charge on any atom is -0.494 e. The Hall–Kier alpha value is -2.04. The largest absolute Gasteiger partial charge is 0.494 e. The molecule has 184 valence electrons. The first-order chi connectivity index (χ1) is 16.8. The van der Waals surface area contributed by atoms with E-state index in [1.54, 1.807) is 5.56 Å². The number of aryl methyl sites for hydroxylation is 1. The summed E-state index contributed by atoms with van der Waals surface area (Å²) in [5.41, 5.74) is 5.80. The maximum Gasteiger partial charge on any atom is 0.126 e. The quantitative estimate of drug-likeness (QED) is 0.420. The molecule has 1 aromatic carbocycles. The minimum atomic E-state index is -0.0286. The lowest BCUT2D eigenvalue weighted by atomic mass is 9.79. The van der Waals surface area contributed by atoms with Gasteiger partial charge in [-0.3, -0.25) is 0 Å². The Morgan fingerprint density at radius 3 is 2.85 bits per heavy atom. The number of ether oxygens (including phenoxy) is 2. The third-order valence-corrected chi connectivity index (χ3v) is 7.93. The normalized spacial score (nSPS) is 22.8. The average Bonchev–Trinajstić information content (AvgIpc) is 3.04. The second-order valence-electron chi connectivity index (χ2n) is 10.4. The van der Waals surface area contributed by atoms with E-state index in [4.69, 9.17) is 9.47 Å². The first-order valence-electron chi connectivity index (χ1n) is 13.7. The monoisotopic (exact) mass is 462 g/mol. The van der Waals surface area contributed by atoms with Crippen LogP contribution in [-0.2, 0) is 16.0 Å². The Morgan fingerprint density at radius 2 is 2.00 bits per heavy atom. The summed E-state index contributed by atoms with van der Waals surface area (Å²) in [6.45, 7) is 8.74. The molecule has 2 aromatic rings. The van der Waals surface area contributed by atoms with E-state index in [0.717, 1.165) is 32.0 Å². The van der Waals surface area contributed by atoms with Crippen LogP contribution in [0.25, 0.3) is 10.9 Å². The molecule has 1 aromatic heterocycles. The topological polar surface area (TPSA) is 35.4 Å². The van der Waals surface area contributed by atoms with Gasteiger partial charge in [-0.15, -0.1) is 0 Å². The molecule has 2 aliphatic carbocycles. The Bertz CT molecular complexity index is 1030. The van der Waals surface area contributed by atoms with Gasteiger partial charge >= 0.3 is 0 Å². The fraction of sp³-hybridized carbons (Fsp3) is 0.600. The highest BCUT2D eigenvalue weighted by atomic mass is 16.5. The van der Waals surface area contributed by atoms with Crippen molar-refractivity contribution in [2.75, 3.05) is 26.3 Å². The van der Waals surface area contributed by atoms with Gasteiger partial charge in [0.05, 0.1) is 12.5 Å². The summed E-state index contributed by atoms with van der Waals surface area (Å²) < 4.78 is 15.4. The number of nitrogens with zero attached hydrogens (tertiary/aromatic N) is 1. The van der Waals surface area contributed by atoms with Gasteiger partial charge in [0.15, 0.2) is 0 Å². The van der Waals surface area contributed by atoms with Crippen molar-refractivity contribution in [2.45, 2.75) is 89.7 Å². The molecule has 0 bridgehead atoms. The zero-order valence-corrected chi connectivity index (χ0v) is 21.2. The highest BCUT2D eigenvalue weighted by molar-refractivity contribution is 5.87. The van der Waals surface area contributed by atoms with Crippen molar-refractivity contribution in [1.29, 1.82) is 0 Å². The first kappa shape index (κ1) is 23.7. The number of nitrogens with one attached hydrogen (secondary N) is 1. The minimum absolute atomic E-state index is 0.0286. The Balaban J connectivity index is 1.41. The van der Waals surface area contributed by atoms with E-state index in [9.17, 15) is 0 Å². The fourth-order valence-corrected chi connectivity index (χ4v) is 6.26. The maximum atomic E-state index is 6.51. The van der Waals surface area contributed by atoms with Gasteiger partial charge < -0.3 is 19.4 Å². The van der Waals surface area contributed by atoms with Crippen molar-refractivity contribution < 1.29 is 9.47 Å². The number of hydrogen-bond acceptors (Lipinski definition) is 3. The highest BCUT2D eigenvalue weighted by Gasteiger charge is 2.37. The van der Waals surface area contributed by atoms with Gasteiger partial charge in [-0.1, -0.05) is 63.3 Å². The summed E-state index contributed by atoms with van der Waals surface area (Å²) in [4.78, 5) is 0. The zero-order chi connectivity index (χ0) is 23.3. The van der Waals surface area contributed by atoms with Gasteiger partial charge in [-0.05, 0) is 61.9 Å². The lowest BCUT2D eigenvalue weighted by molar-refractivity contribution is 0.0248. The van der Waals surface area contributed by atoms with Crippen LogP contribution < -0.4 is 5.32 Å². The lowest BCUT2D eigenvalue weighted by Crippen LogP contribution is -2.29. The summed E-state index contributed by atoms with van der Waals surface area (Å²) in [5.74, 6) is 1.86. The van der Waals surface area contributed by atoms with Crippen molar-refractivity contribution in [3.63, 3.8) is 0 Å². The molecule has 1 aliphatic heterocycles. The molecule has 1 fully saturated rings. The Kier molecular flexibility index (Phi) is 7.76. The number of rotatable bonds is 9. The molecule has 0 spiro atoms. The molecule has 0 radical (unpaired) electrons. The van der Waals surface area contributed by atoms with E-state index in [2.05, 4.69) is 60.2 Å². The Morgan fingerprint density at radius 1 is 1.12 bits per heavy atom. The van der Waals surface area contributed by atoms with E-state index in [1.807, 2.05) is 0 Å². The molecular weight excluding hydrogens is 420 g/mol. The number of benzene rings is 1. The second-order valence-corrected chi connectivity index (χ2v) is 10.4. The van der Waals surface area contributed by atoms with Crippen LogP contribution in [0.15, 0.2) is 42.2 Å². The molecule has 4 heteroatoms. The predicted octanol–water partition coefficient (Wildman–Crippen LogP) is 6.73. The molecule has 0 amide bonds. The van der Waals surface area contributed by atoms with E-state index in [0.29, 0.717) is 12.5 Å². The number of unbranched alkanes of at least 4 members (excludes halogenated alkanes) is 2. The standard InChI is InChI=1S/C30H42N2O2/c1-3-4-8-16-31-17-19-33-27-13-9-12-25-29-28(23-10-6-5-7-11-23)24-15-14-22(2)21-26(24)32(29)18-20-34-30(25)27/h9,12-15,21,23,25,30-31H,3-8,10-11,16-20H2,1-2H3. The first-order valence-corrected chi connectivity index (χ1v) is 13.7. The molecule has 4 nitrogen and oxygen atoms in total. The molecule has 1 N–H and O–H groups in total. The second kappa shape index (κ2) is 11.1. The van der Waals surface area contributed by atoms with Gasteiger partial charge in [0.2, 0.25) is 0 Å². The molecule has 3 aliphatic rings. The van der Waals surface area contributed by atoms with Crippen LogP contribution in [0, 0.1) is 6.92 Å². The smallest absolute Gasteiger partial charge is 0.126 e. The molecule has 2 atom stereocenters. The van der Waals surface area contributed by atoms with E-state index < -0.39 is 0 Å². The molecule has 2 heterocycles. The summed E-state index contributed by atoms with van der Waals surface area (Å²) in [7, 11) is 0. The fourth-order valence-electron chi connectivity index (χ4n) is 6.26. The highest BCUT2D eigenvalue weighted by Crippen LogP contribution is 2.46. The number of allylic oxidation sites excluding steroid dienone is 2. The molecule has 2 unspecified atom stereocenters. The third kappa shape index (κ3) is 4.85. The van der Waals surface area contributed by atoms with Crippen LogP contribution in [-0.4, -0.2) is 37.0 Å². The van der Waals surface area contributed by atoms with Gasteiger partial charge in [0.25, 0.3) is 0 Å². The molecule has 5 rings (SSSR count). The van der Waals surface area contributed by atoms with Gasteiger partial charge in [0.1, 0.15) is 18.5 Å². The van der Waals surface area contributed by atoms with Crippen LogP contribution >= 0.6 is 0 Å². The molecule has 0 saturated heterocycles. The molecule has 1 saturated carbocycles. The maximum absolute atomic E-state index is 6.51. The lowest BCUT2D eigenvalue weighted by Gasteiger charge is -2.30. The summed E-state index contributed by atoms with van der Waals surface area (Å²) in [5, 5.41) is 4.99. The van der Waals surface area contributed by atoms with Crippen molar-refractivity contribution in [3.8, 4) is 0 Å². The van der Waals surface area contributed by atoms with Crippen LogP contribution in [0.5, 0.6) is 0 Å². The van der Waals surface area contributed by atoms with Crippen LogP contribution in [0.2, 0.25) is 0 Å². The van der Waals surface area contributed by atoms with E-state index in [-0.39, 0.29) is 12.0 Å². The van der Waals surface area contributed by atoms with E-state index >= 15 is 0 Å². The summed E-state index contributed by atoms with van der Waals surface area (Å²) in [6.07, 6.45) is 17.1. The van der Waals surface area contributed by atoms with Crippen molar-refractivity contribution >= 4 is 10.9 Å². The Labute approximate surface area is 205 Å². The van der Waals surface area contributed by atoms with Gasteiger partial charge in [-0.2, -0.15) is 0 Å². The van der Waals surface area contributed by atoms with Crippen molar-refractivity contribution in [1.82, 2.24) is 9.88 Å². The number of hydrogen-bond donors (Lipinski definition) is 1. The van der Waals surface area contributed by atoms with Crippen LogP contribution in [0.3, 0.4) is 0 Å². The van der Waals surface area contributed by atoms with E-state index in [1.165, 1.54) is 73.5 Å². The van der Waals surface area contributed by atoms with Gasteiger partial charge in [0, 0.05) is 29.7 Å². The van der Waals surface area contributed by atoms with Crippen molar-refractivity contribution in [2.24, 2.45) is 0 Å². The van der Waals surface area contributed by atoms with Gasteiger partial charge in [-0.25, -0.2) is 0 Å².